The molecule has 4 heteroatoms. The lowest BCUT2D eigenvalue weighted by Crippen LogP contribution is -1.98. The van der Waals surface area contributed by atoms with Gasteiger partial charge in [0.25, 0.3) is 0 Å². The lowest BCUT2D eigenvalue weighted by molar-refractivity contribution is -0.137. The topological polar surface area (TPSA) is 63.6 Å². The number of ether oxygens (including phenoxy) is 1. The van der Waals surface area contributed by atoms with Crippen LogP contribution in [0.4, 0.5) is 0 Å². The lowest BCUT2D eigenvalue weighted by atomic mass is 10.4. The highest BCUT2D eigenvalue weighted by Gasteiger charge is 1.90. The van der Waals surface area contributed by atoms with Crippen molar-refractivity contribution in [2.24, 2.45) is 0 Å². The van der Waals surface area contributed by atoms with Crippen LogP contribution in [0.5, 0.6) is 0 Å². The molecule has 12 heavy (non-hydrogen) atoms. The van der Waals surface area contributed by atoms with Gasteiger partial charge in [-0.2, -0.15) is 0 Å². The standard InChI is InChI=1S/C8H10O4/c1-2-12-8(11)6-4-3-5-7(9)10/h3-6H,2H2,1H3,(H,9,10). The van der Waals surface area contributed by atoms with Crippen LogP contribution in [-0.4, -0.2) is 23.7 Å². The van der Waals surface area contributed by atoms with Crippen molar-refractivity contribution in [3.05, 3.63) is 24.3 Å². The Kier molecular flexibility index (Phi) is 5.34. The van der Waals surface area contributed by atoms with Crippen LogP contribution >= 0.6 is 0 Å². The van der Waals surface area contributed by atoms with Crippen LogP contribution in [-0.2, 0) is 14.3 Å². The van der Waals surface area contributed by atoms with E-state index in [1.54, 1.807) is 6.92 Å². The van der Waals surface area contributed by atoms with Crippen LogP contribution in [0.3, 0.4) is 0 Å². The molecule has 0 aliphatic heterocycles. The van der Waals surface area contributed by atoms with E-state index in [4.69, 9.17) is 5.11 Å². The molecular formula is C8H10O4. The van der Waals surface area contributed by atoms with Crippen molar-refractivity contribution in [2.75, 3.05) is 6.61 Å². The Labute approximate surface area is 70.1 Å². The molecule has 66 valence electrons. The number of carbonyl (C=O) groups excluding carboxylic acids is 1. The number of hydrogen-bond acceptors (Lipinski definition) is 3. The average molecular weight is 170 g/mol. The molecule has 0 amide bonds. The number of rotatable bonds is 4. The van der Waals surface area contributed by atoms with Crippen LogP contribution in [0.25, 0.3) is 0 Å². The Morgan fingerprint density at radius 2 is 1.92 bits per heavy atom. The highest BCUT2D eigenvalue weighted by atomic mass is 16.5. The van der Waals surface area contributed by atoms with Gasteiger partial charge in [-0.25, -0.2) is 9.59 Å². The Balaban J connectivity index is 3.75. The molecule has 0 aromatic rings. The lowest BCUT2D eigenvalue weighted by Gasteiger charge is -1.92. The number of allylic oxidation sites excluding steroid dienone is 2. The Hall–Kier alpha value is -1.58. The van der Waals surface area contributed by atoms with E-state index in [-0.39, 0.29) is 0 Å². The number of esters is 1. The number of carboxylic acids is 1. The van der Waals surface area contributed by atoms with Crippen molar-refractivity contribution < 1.29 is 19.4 Å². The molecule has 0 saturated heterocycles. The number of carbonyl (C=O) groups is 2. The minimum Gasteiger partial charge on any atom is -0.478 e. The summed E-state index contributed by atoms with van der Waals surface area (Å²) in [7, 11) is 0. The Morgan fingerprint density at radius 1 is 1.33 bits per heavy atom. The van der Waals surface area contributed by atoms with Gasteiger partial charge in [-0.15, -0.1) is 0 Å². The van der Waals surface area contributed by atoms with Gasteiger partial charge in [0.15, 0.2) is 0 Å². The molecule has 0 atom stereocenters. The summed E-state index contributed by atoms with van der Waals surface area (Å²) < 4.78 is 4.54. The summed E-state index contributed by atoms with van der Waals surface area (Å²) >= 11 is 0. The van der Waals surface area contributed by atoms with Crippen molar-refractivity contribution in [1.82, 2.24) is 0 Å². The second-order valence-corrected chi connectivity index (χ2v) is 1.81. The molecule has 0 heterocycles. The van der Waals surface area contributed by atoms with E-state index >= 15 is 0 Å². The van der Waals surface area contributed by atoms with Gasteiger partial charge in [-0.1, -0.05) is 12.2 Å². The summed E-state index contributed by atoms with van der Waals surface area (Å²) in [5, 5.41) is 8.15. The molecular weight excluding hydrogens is 160 g/mol. The van der Waals surface area contributed by atoms with Gasteiger partial charge in [-0.05, 0) is 6.92 Å². The molecule has 0 aliphatic carbocycles. The summed E-state index contributed by atoms with van der Waals surface area (Å²) in [5.41, 5.74) is 0. The van der Waals surface area contributed by atoms with E-state index in [2.05, 4.69) is 4.74 Å². The van der Waals surface area contributed by atoms with Gasteiger partial charge in [-0.3, -0.25) is 0 Å². The van der Waals surface area contributed by atoms with Gasteiger partial charge in [0.05, 0.1) is 6.61 Å². The normalized spacial score (nSPS) is 10.8. The third-order valence-corrected chi connectivity index (χ3v) is 0.869. The molecule has 0 aliphatic rings. The van der Waals surface area contributed by atoms with Crippen molar-refractivity contribution in [1.29, 1.82) is 0 Å². The number of carboxylic acid groups (broad SMARTS) is 1. The van der Waals surface area contributed by atoms with Crippen molar-refractivity contribution in [2.45, 2.75) is 6.92 Å². The van der Waals surface area contributed by atoms with Gasteiger partial charge in [0.2, 0.25) is 0 Å². The van der Waals surface area contributed by atoms with Crippen molar-refractivity contribution in [3.8, 4) is 0 Å². The first kappa shape index (κ1) is 10.4. The van der Waals surface area contributed by atoms with Crippen LogP contribution < -0.4 is 0 Å². The molecule has 0 bridgehead atoms. The Morgan fingerprint density at radius 3 is 2.42 bits per heavy atom. The average Bonchev–Trinajstić information content (AvgIpc) is 1.98. The predicted molar refractivity (Wildman–Crippen MR) is 42.5 cm³/mol. The second kappa shape index (κ2) is 6.15. The van der Waals surface area contributed by atoms with Gasteiger partial charge < -0.3 is 9.84 Å². The highest BCUT2D eigenvalue weighted by Crippen LogP contribution is 1.82. The molecule has 0 spiro atoms. The molecule has 0 fully saturated rings. The SMILES string of the molecule is CCOC(=O)C=CC=CC(=O)O. The fraction of sp³-hybridized carbons (Fsp3) is 0.250. The van der Waals surface area contributed by atoms with E-state index in [0.717, 1.165) is 12.2 Å². The van der Waals surface area contributed by atoms with Gasteiger partial charge in [0.1, 0.15) is 0 Å². The number of hydrogen-bond donors (Lipinski definition) is 1. The minimum absolute atomic E-state index is 0.311. The Bertz CT molecular complexity index is 215. The summed E-state index contributed by atoms with van der Waals surface area (Å²) in [4.78, 5) is 20.5. The molecule has 0 radical (unpaired) electrons. The molecule has 0 rings (SSSR count). The van der Waals surface area contributed by atoms with E-state index in [1.165, 1.54) is 12.2 Å². The van der Waals surface area contributed by atoms with Crippen molar-refractivity contribution in [3.63, 3.8) is 0 Å². The molecule has 0 aromatic carbocycles. The zero-order valence-corrected chi connectivity index (χ0v) is 6.69. The van der Waals surface area contributed by atoms with Crippen LogP contribution in [0.1, 0.15) is 6.92 Å². The van der Waals surface area contributed by atoms with Gasteiger partial charge >= 0.3 is 11.9 Å². The largest absolute Gasteiger partial charge is 0.478 e. The molecule has 4 nitrogen and oxygen atoms in total. The highest BCUT2D eigenvalue weighted by molar-refractivity contribution is 5.83. The quantitative estimate of drug-likeness (QED) is 0.384. The fourth-order valence-electron chi connectivity index (χ4n) is 0.462. The molecule has 0 saturated carbocycles. The van der Waals surface area contributed by atoms with E-state index in [0.29, 0.717) is 6.61 Å². The molecule has 1 N–H and O–H groups in total. The maximum Gasteiger partial charge on any atom is 0.330 e. The summed E-state index contributed by atoms with van der Waals surface area (Å²) in [6.45, 7) is 2.00. The van der Waals surface area contributed by atoms with E-state index in [9.17, 15) is 9.59 Å². The van der Waals surface area contributed by atoms with E-state index < -0.39 is 11.9 Å². The predicted octanol–water partition coefficient (Wildman–Crippen LogP) is 0.746. The zero-order valence-electron chi connectivity index (χ0n) is 6.69. The van der Waals surface area contributed by atoms with Crippen molar-refractivity contribution >= 4 is 11.9 Å². The second-order valence-electron chi connectivity index (χ2n) is 1.81. The summed E-state index contributed by atoms with van der Waals surface area (Å²) in [5.74, 6) is -1.53. The first-order valence-corrected chi connectivity index (χ1v) is 3.41. The summed E-state index contributed by atoms with van der Waals surface area (Å²) in [6, 6.07) is 0. The minimum atomic E-state index is -1.05. The van der Waals surface area contributed by atoms with Crippen LogP contribution in [0, 0.1) is 0 Å². The van der Waals surface area contributed by atoms with E-state index in [1.807, 2.05) is 0 Å². The monoisotopic (exact) mass is 170 g/mol. The third kappa shape index (κ3) is 6.54. The third-order valence-electron chi connectivity index (χ3n) is 0.869. The smallest absolute Gasteiger partial charge is 0.330 e. The first-order valence-electron chi connectivity index (χ1n) is 3.41. The maximum atomic E-state index is 10.6. The summed E-state index contributed by atoms with van der Waals surface area (Å²) in [6.07, 6.45) is 4.64. The van der Waals surface area contributed by atoms with Crippen LogP contribution in [0.2, 0.25) is 0 Å². The van der Waals surface area contributed by atoms with Gasteiger partial charge in [0, 0.05) is 12.2 Å². The molecule has 0 aromatic heterocycles. The first-order chi connectivity index (χ1) is 5.66. The molecule has 0 unspecified atom stereocenters. The zero-order chi connectivity index (χ0) is 9.40. The fourth-order valence-corrected chi connectivity index (χ4v) is 0.462. The maximum absolute atomic E-state index is 10.6. The number of aliphatic carboxylic acids is 1. The van der Waals surface area contributed by atoms with Crippen LogP contribution in [0.15, 0.2) is 24.3 Å².